The number of aliphatic carboxylic acids is 1. The Morgan fingerprint density at radius 2 is 2.00 bits per heavy atom. The SMILES string of the molecule is COc1ccc(C(C)N2C(=O)C3=C(CCCC3)C2SCC(=O)O)cc1. The maximum absolute atomic E-state index is 13.0. The lowest BCUT2D eigenvalue weighted by atomic mass is 9.94. The molecule has 1 aliphatic carbocycles. The molecule has 134 valence electrons. The van der Waals surface area contributed by atoms with E-state index in [0.717, 1.165) is 48.1 Å². The van der Waals surface area contributed by atoms with E-state index >= 15 is 0 Å². The fourth-order valence-electron chi connectivity index (χ4n) is 3.63. The fourth-order valence-corrected chi connectivity index (χ4v) is 4.83. The molecule has 0 aromatic heterocycles. The minimum absolute atomic E-state index is 0.000555. The predicted molar refractivity (Wildman–Crippen MR) is 97.6 cm³/mol. The fraction of sp³-hybridized carbons (Fsp3) is 0.474. The van der Waals surface area contributed by atoms with Gasteiger partial charge in [0.05, 0.1) is 18.9 Å². The highest BCUT2D eigenvalue weighted by Gasteiger charge is 2.42. The molecular formula is C19H23NO4S. The number of carboxylic acid groups (broad SMARTS) is 1. The van der Waals surface area contributed by atoms with Gasteiger partial charge in [-0.25, -0.2) is 0 Å². The van der Waals surface area contributed by atoms with Crippen molar-refractivity contribution in [2.24, 2.45) is 0 Å². The van der Waals surface area contributed by atoms with Crippen molar-refractivity contribution in [3.8, 4) is 5.75 Å². The van der Waals surface area contributed by atoms with Crippen molar-refractivity contribution in [3.05, 3.63) is 41.0 Å². The lowest BCUT2D eigenvalue weighted by Crippen LogP contribution is -2.36. The molecule has 0 spiro atoms. The molecule has 0 bridgehead atoms. The van der Waals surface area contributed by atoms with Crippen LogP contribution in [0.15, 0.2) is 35.4 Å². The molecule has 1 aliphatic heterocycles. The molecule has 2 atom stereocenters. The van der Waals surface area contributed by atoms with Crippen molar-refractivity contribution in [2.45, 2.75) is 44.0 Å². The first-order valence-corrected chi connectivity index (χ1v) is 9.59. The van der Waals surface area contributed by atoms with Gasteiger partial charge in [0, 0.05) is 5.57 Å². The number of nitrogens with zero attached hydrogens (tertiary/aromatic N) is 1. The zero-order chi connectivity index (χ0) is 18.0. The van der Waals surface area contributed by atoms with Gasteiger partial charge in [0.1, 0.15) is 11.1 Å². The van der Waals surface area contributed by atoms with Crippen LogP contribution in [0, 0.1) is 0 Å². The monoisotopic (exact) mass is 361 g/mol. The molecule has 6 heteroatoms. The summed E-state index contributed by atoms with van der Waals surface area (Å²) < 4.78 is 5.20. The van der Waals surface area contributed by atoms with Crippen LogP contribution in [0.25, 0.3) is 0 Å². The number of carbonyl (C=O) groups is 2. The summed E-state index contributed by atoms with van der Waals surface area (Å²) in [7, 11) is 1.62. The molecular weight excluding hydrogens is 338 g/mol. The number of carbonyl (C=O) groups excluding carboxylic acids is 1. The van der Waals surface area contributed by atoms with Crippen LogP contribution in [0.5, 0.6) is 5.75 Å². The molecule has 0 saturated heterocycles. The van der Waals surface area contributed by atoms with E-state index < -0.39 is 5.97 Å². The highest BCUT2D eigenvalue weighted by Crippen LogP contribution is 2.44. The molecule has 1 aromatic carbocycles. The van der Waals surface area contributed by atoms with E-state index in [9.17, 15) is 9.59 Å². The van der Waals surface area contributed by atoms with Crippen LogP contribution >= 0.6 is 11.8 Å². The summed E-state index contributed by atoms with van der Waals surface area (Å²) in [5, 5.41) is 8.91. The number of ether oxygens (including phenoxy) is 1. The summed E-state index contributed by atoms with van der Waals surface area (Å²) in [4.78, 5) is 25.9. The molecule has 25 heavy (non-hydrogen) atoms. The zero-order valence-electron chi connectivity index (χ0n) is 14.5. The van der Waals surface area contributed by atoms with Gasteiger partial charge >= 0.3 is 5.97 Å². The predicted octanol–water partition coefficient (Wildman–Crippen LogP) is 3.61. The van der Waals surface area contributed by atoms with Crippen LogP contribution < -0.4 is 4.74 Å². The zero-order valence-corrected chi connectivity index (χ0v) is 15.3. The van der Waals surface area contributed by atoms with Crippen LogP contribution in [0.3, 0.4) is 0 Å². The molecule has 3 rings (SSSR count). The van der Waals surface area contributed by atoms with Gasteiger partial charge in [-0.15, -0.1) is 11.8 Å². The van der Waals surface area contributed by atoms with Crippen molar-refractivity contribution in [1.82, 2.24) is 4.90 Å². The van der Waals surface area contributed by atoms with Gasteiger partial charge < -0.3 is 14.7 Å². The summed E-state index contributed by atoms with van der Waals surface area (Å²) in [5.41, 5.74) is 3.08. The van der Waals surface area contributed by atoms with Gasteiger partial charge in [-0.2, -0.15) is 0 Å². The molecule has 2 unspecified atom stereocenters. The van der Waals surface area contributed by atoms with Gasteiger partial charge in [0.25, 0.3) is 5.91 Å². The number of rotatable bonds is 6. The van der Waals surface area contributed by atoms with E-state index in [1.807, 2.05) is 36.1 Å². The number of carboxylic acids is 1. The Hall–Kier alpha value is -1.95. The largest absolute Gasteiger partial charge is 0.497 e. The molecule has 1 amide bonds. The molecule has 1 N–H and O–H groups in total. The summed E-state index contributed by atoms with van der Waals surface area (Å²) >= 11 is 1.34. The van der Waals surface area contributed by atoms with E-state index in [4.69, 9.17) is 9.84 Å². The van der Waals surface area contributed by atoms with Crippen LogP contribution in [0.4, 0.5) is 0 Å². The summed E-state index contributed by atoms with van der Waals surface area (Å²) in [6, 6.07) is 7.59. The molecule has 0 radical (unpaired) electrons. The summed E-state index contributed by atoms with van der Waals surface area (Å²) in [6.45, 7) is 2.01. The lowest BCUT2D eigenvalue weighted by Gasteiger charge is -2.32. The van der Waals surface area contributed by atoms with Crippen molar-refractivity contribution >= 4 is 23.6 Å². The Morgan fingerprint density at radius 1 is 1.32 bits per heavy atom. The smallest absolute Gasteiger partial charge is 0.313 e. The second-order valence-corrected chi connectivity index (χ2v) is 7.50. The van der Waals surface area contributed by atoms with Crippen molar-refractivity contribution in [3.63, 3.8) is 0 Å². The first kappa shape index (κ1) is 17.9. The normalized spacial score (nSPS) is 21.3. The quantitative estimate of drug-likeness (QED) is 0.838. The third-order valence-corrected chi connectivity index (χ3v) is 6.18. The van der Waals surface area contributed by atoms with Gasteiger partial charge in [-0.1, -0.05) is 12.1 Å². The summed E-state index contributed by atoms with van der Waals surface area (Å²) in [5.74, 6) is -0.00112. The average Bonchev–Trinajstić information content (AvgIpc) is 2.92. The summed E-state index contributed by atoms with van der Waals surface area (Å²) in [6.07, 6.45) is 3.81. The Bertz CT molecular complexity index is 698. The first-order valence-electron chi connectivity index (χ1n) is 8.55. The van der Waals surface area contributed by atoms with Crippen molar-refractivity contribution in [1.29, 1.82) is 0 Å². The average molecular weight is 361 g/mol. The molecule has 0 saturated carbocycles. The van der Waals surface area contributed by atoms with E-state index in [1.165, 1.54) is 11.8 Å². The second kappa shape index (κ2) is 7.52. The first-order chi connectivity index (χ1) is 12.0. The number of hydrogen-bond donors (Lipinski definition) is 1. The Balaban J connectivity index is 1.88. The third-order valence-electron chi connectivity index (χ3n) is 4.93. The maximum atomic E-state index is 13.0. The van der Waals surface area contributed by atoms with E-state index in [2.05, 4.69) is 0 Å². The second-order valence-electron chi connectivity index (χ2n) is 6.43. The number of hydrogen-bond acceptors (Lipinski definition) is 4. The minimum Gasteiger partial charge on any atom is -0.497 e. The molecule has 0 fully saturated rings. The highest BCUT2D eigenvalue weighted by atomic mass is 32.2. The van der Waals surface area contributed by atoms with Gasteiger partial charge in [0.15, 0.2) is 0 Å². The molecule has 2 aliphatic rings. The van der Waals surface area contributed by atoms with Gasteiger partial charge in [0.2, 0.25) is 0 Å². The van der Waals surface area contributed by atoms with Gasteiger partial charge in [-0.3, -0.25) is 9.59 Å². The number of amides is 1. The molecule has 5 nitrogen and oxygen atoms in total. The number of thioether (sulfide) groups is 1. The third kappa shape index (κ3) is 3.54. The standard InChI is InChI=1S/C19H23NO4S/c1-12(13-7-9-14(24-2)10-8-13)20-18(23)15-5-3-4-6-16(15)19(20)25-11-17(21)22/h7-10,12,19H,3-6,11H2,1-2H3,(H,21,22). The van der Waals surface area contributed by atoms with E-state index in [0.29, 0.717) is 0 Å². The van der Waals surface area contributed by atoms with Crippen LogP contribution in [0.2, 0.25) is 0 Å². The Kier molecular flexibility index (Phi) is 5.37. The van der Waals surface area contributed by atoms with Crippen LogP contribution in [-0.2, 0) is 9.59 Å². The van der Waals surface area contributed by atoms with Gasteiger partial charge in [-0.05, 0) is 55.9 Å². The van der Waals surface area contributed by atoms with Crippen LogP contribution in [-0.4, -0.2) is 40.1 Å². The van der Waals surface area contributed by atoms with E-state index in [-0.39, 0.29) is 23.1 Å². The van der Waals surface area contributed by atoms with Crippen LogP contribution in [0.1, 0.15) is 44.2 Å². The Morgan fingerprint density at radius 3 is 2.64 bits per heavy atom. The maximum Gasteiger partial charge on any atom is 0.313 e. The van der Waals surface area contributed by atoms with Crippen molar-refractivity contribution in [2.75, 3.05) is 12.9 Å². The Labute approximate surface area is 152 Å². The number of benzene rings is 1. The topological polar surface area (TPSA) is 66.8 Å². The lowest BCUT2D eigenvalue weighted by molar-refractivity contribution is -0.134. The van der Waals surface area contributed by atoms with E-state index in [1.54, 1.807) is 7.11 Å². The molecule has 1 heterocycles. The molecule has 1 aromatic rings. The number of methoxy groups -OCH3 is 1. The highest BCUT2D eigenvalue weighted by molar-refractivity contribution is 8.00. The van der Waals surface area contributed by atoms with Crippen molar-refractivity contribution < 1.29 is 19.4 Å². The minimum atomic E-state index is -0.848.